The van der Waals surface area contributed by atoms with Gasteiger partial charge in [-0.2, -0.15) is 0 Å². The quantitative estimate of drug-likeness (QED) is 0.761. The number of nitrogens with one attached hydrogen (secondary N) is 2. The van der Waals surface area contributed by atoms with Gasteiger partial charge in [-0.3, -0.25) is 4.98 Å². The molecular weight excluding hydrogens is 278 g/mol. The van der Waals surface area contributed by atoms with Gasteiger partial charge >= 0.3 is 6.03 Å². The number of amides is 2. The first-order valence-electron chi connectivity index (χ1n) is 7.29. The molecule has 1 heterocycles. The van der Waals surface area contributed by atoms with E-state index in [0.29, 0.717) is 13.0 Å². The highest BCUT2D eigenvalue weighted by atomic mass is 16.3. The molecule has 0 bridgehead atoms. The number of urea groups is 1. The number of benzene rings is 1. The number of hydrogen-bond donors (Lipinski definition) is 3. The lowest BCUT2D eigenvalue weighted by atomic mass is 10.1. The Morgan fingerprint density at radius 2 is 1.95 bits per heavy atom. The van der Waals surface area contributed by atoms with E-state index in [2.05, 4.69) is 15.6 Å². The number of pyridine rings is 1. The summed E-state index contributed by atoms with van der Waals surface area (Å²) in [5, 5.41) is 15.3. The summed E-state index contributed by atoms with van der Waals surface area (Å²) in [5.41, 5.74) is 2.91. The van der Waals surface area contributed by atoms with Gasteiger partial charge in [0.15, 0.2) is 0 Å². The average molecular weight is 299 g/mol. The fraction of sp³-hybridized carbons (Fsp3) is 0.294. The Kier molecular flexibility index (Phi) is 5.91. The van der Waals surface area contributed by atoms with E-state index in [1.165, 1.54) is 0 Å². The minimum absolute atomic E-state index is 0.210. The third-order valence-corrected chi connectivity index (χ3v) is 3.35. The molecule has 5 heteroatoms. The first-order chi connectivity index (χ1) is 10.6. The first kappa shape index (κ1) is 16.0. The minimum atomic E-state index is -0.607. The predicted molar refractivity (Wildman–Crippen MR) is 85.4 cm³/mol. The number of aliphatic hydroxyl groups excluding tert-OH is 1. The van der Waals surface area contributed by atoms with Crippen LogP contribution in [0.1, 0.15) is 16.8 Å². The van der Waals surface area contributed by atoms with E-state index in [4.69, 9.17) is 0 Å². The molecule has 5 nitrogen and oxygen atoms in total. The van der Waals surface area contributed by atoms with Crippen molar-refractivity contribution in [1.82, 2.24) is 15.6 Å². The molecular formula is C17H21N3O2. The van der Waals surface area contributed by atoms with Gasteiger partial charge in [-0.1, -0.05) is 36.4 Å². The third-order valence-electron chi connectivity index (χ3n) is 3.35. The van der Waals surface area contributed by atoms with Gasteiger partial charge in [-0.05, 0) is 24.1 Å². The number of rotatable bonds is 6. The Morgan fingerprint density at radius 1 is 1.18 bits per heavy atom. The Labute approximate surface area is 130 Å². The Hall–Kier alpha value is -2.40. The maximum Gasteiger partial charge on any atom is 0.315 e. The second-order valence-electron chi connectivity index (χ2n) is 5.17. The molecule has 1 aromatic carbocycles. The number of aromatic nitrogens is 1. The normalized spacial score (nSPS) is 11.7. The molecule has 1 atom stereocenters. The molecule has 0 saturated carbocycles. The molecule has 1 unspecified atom stereocenters. The van der Waals surface area contributed by atoms with Crippen molar-refractivity contribution in [3.05, 3.63) is 65.5 Å². The van der Waals surface area contributed by atoms with Crippen molar-refractivity contribution in [2.45, 2.75) is 26.0 Å². The van der Waals surface area contributed by atoms with E-state index in [1.54, 1.807) is 6.20 Å². The Balaban J connectivity index is 1.70. The summed E-state index contributed by atoms with van der Waals surface area (Å²) >= 11 is 0. The average Bonchev–Trinajstić information content (AvgIpc) is 2.53. The Bertz CT molecular complexity index is 602. The summed E-state index contributed by atoms with van der Waals surface area (Å²) in [7, 11) is 0. The van der Waals surface area contributed by atoms with Crippen LogP contribution < -0.4 is 10.6 Å². The van der Waals surface area contributed by atoms with Gasteiger partial charge in [0.2, 0.25) is 0 Å². The van der Waals surface area contributed by atoms with Crippen LogP contribution in [-0.2, 0) is 13.0 Å². The SMILES string of the molecule is Cc1cccnc1CNC(=O)NCC(O)Cc1ccccc1. The molecule has 2 rings (SSSR count). The highest BCUT2D eigenvalue weighted by Crippen LogP contribution is 2.03. The molecule has 0 fully saturated rings. The van der Waals surface area contributed by atoms with Crippen molar-refractivity contribution in [2.75, 3.05) is 6.54 Å². The van der Waals surface area contributed by atoms with Crippen LogP contribution in [-0.4, -0.2) is 28.8 Å². The predicted octanol–water partition coefficient (Wildman–Crippen LogP) is 1.79. The fourth-order valence-electron chi connectivity index (χ4n) is 2.10. The van der Waals surface area contributed by atoms with E-state index < -0.39 is 6.10 Å². The molecule has 0 aliphatic rings. The molecule has 0 aliphatic heterocycles. The van der Waals surface area contributed by atoms with E-state index in [0.717, 1.165) is 16.8 Å². The lowest BCUT2D eigenvalue weighted by molar-refractivity contribution is 0.170. The maximum absolute atomic E-state index is 11.7. The number of aliphatic hydroxyl groups is 1. The smallest absolute Gasteiger partial charge is 0.315 e. The summed E-state index contributed by atoms with van der Waals surface area (Å²) in [6, 6.07) is 13.2. The molecule has 2 amide bonds. The summed E-state index contributed by atoms with van der Waals surface area (Å²) < 4.78 is 0. The zero-order chi connectivity index (χ0) is 15.8. The molecule has 2 aromatic rings. The van der Waals surface area contributed by atoms with E-state index in [1.807, 2.05) is 49.4 Å². The summed E-state index contributed by atoms with van der Waals surface area (Å²) in [6.45, 7) is 2.53. The van der Waals surface area contributed by atoms with Crippen LogP contribution in [0.3, 0.4) is 0 Å². The number of carbonyl (C=O) groups is 1. The maximum atomic E-state index is 11.7. The standard InChI is InChI=1S/C17H21N3O2/c1-13-6-5-9-18-16(13)12-20-17(22)19-11-15(21)10-14-7-3-2-4-8-14/h2-9,15,21H,10-12H2,1H3,(H2,19,20,22). The van der Waals surface area contributed by atoms with Crippen molar-refractivity contribution in [3.63, 3.8) is 0 Å². The number of aryl methyl sites for hydroxylation is 1. The molecule has 1 aromatic heterocycles. The van der Waals surface area contributed by atoms with Crippen LogP contribution in [0.5, 0.6) is 0 Å². The summed E-state index contributed by atoms with van der Waals surface area (Å²) in [4.78, 5) is 15.9. The fourth-order valence-corrected chi connectivity index (χ4v) is 2.10. The largest absolute Gasteiger partial charge is 0.391 e. The van der Waals surface area contributed by atoms with Gasteiger partial charge in [0.05, 0.1) is 18.3 Å². The van der Waals surface area contributed by atoms with Crippen molar-refractivity contribution >= 4 is 6.03 Å². The second kappa shape index (κ2) is 8.14. The van der Waals surface area contributed by atoms with Crippen molar-refractivity contribution in [1.29, 1.82) is 0 Å². The molecule has 3 N–H and O–H groups in total. The van der Waals surface area contributed by atoms with Crippen molar-refractivity contribution in [2.24, 2.45) is 0 Å². The summed E-state index contributed by atoms with van der Waals surface area (Å²) in [5.74, 6) is 0. The zero-order valence-corrected chi connectivity index (χ0v) is 12.6. The van der Waals surface area contributed by atoms with Crippen LogP contribution in [0.2, 0.25) is 0 Å². The van der Waals surface area contributed by atoms with Crippen LogP contribution in [0, 0.1) is 6.92 Å². The molecule has 0 spiro atoms. The lowest BCUT2D eigenvalue weighted by Gasteiger charge is -2.13. The van der Waals surface area contributed by atoms with E-state index >= 15 is 0 Å². The van der Waals surface area contributed by atoms with Gasteiger partial charge in [-0.25, -0.2) is 4.79 Å². The number of carbonyl (C=O) groups excluding carboxylic acids is 1. The molecule has 116 valence electrons. The van der Waals surface area contributed by atoms with E-state index in [-0.39, 0.29) is 12.6 Å². The molecule has 22 heavy (non-hydrogen) atoms. The molecule has 0 aliphatic carbocycles. The topological polar surface area (TPSA) is 74.2 Å². The summed E-state index contributed by atoms with van der Waals surface area (Å²) in [6.07, 6.45) is 1.61. The lowest BCUT2D eigenvalue weighted by Crippen LogP contribution is -2.40. The highest BCUT2D eigenvalue weighted by molar-refractivity contribution is 5.73. The van der Waals surface area contributed by atoms with Crippen molar-refractivity contribution < 1.29 is 9.90 Å². The minimum Gasteiger partial charge on any atom is -0.391 e. The van der Waals surface area contributed by atoms with Gasteiger partial charge in [0, 0.05) is 19.2 Å². The number of hydrogen-bond acceptors (Lipinski definition) is 3. The first-order valence-corrected chi connectivity index (χ1v) is 7.29. The van der Waals surface area contributed by atoms with Gasteiger partial charge in [0.1, 0.15) is 0 Å². The van der Waals surface area contributed by atoms with Crippen LogP contribution in [0.15, 0.2) is 48.7 Å². The van der Waals surface area contributed by atoms with Gasteiger partial charge in [0.25, 0.3) is 0 Å². The van der Waals surface area contributed by atoms with Crippen molar-refractivity contribution in [3.8, 4) is 0 Å². The van der Waals surface area contributed by atoms with Crippen LogP contribution in [0.25, 0.3) is 0 Å². The third kappa shape index (κ3) is 5.18. The van der Waals surface area contributed by atoms with E-state index in [9.17, 15) is 9.90 Å². The van der Waals surface area contributed by atoms with Gasteiger partial charge < -0.3 is 15.7 Å². The van der Waals surface area contributed by atoms with Crippen LogP contribution in [0.4, 0.5) is 4.79 Å². The van der Waals surface area contributed by atoms with Crippen LogP contribution >= 0.6 is 0 Å². The second-order valence-corrected chi connectivity index (χ2v) is 5.17. The monoisotopic (exact) mass is 299 g/mol. The van der Waals surface area contributed by atoms with Gasteiger partial charge in [-0.15, -0.1) is 0 Å². The molecule has 0 saturated heterocycles. The highest BCUT2D eigenvalue weighted by Gasteiger charge is 2.08. The molecule has 0 radical (unpaired) electrons. The Morgan fingerprint density at radius 3 is 2.68 bits per heavy atom. The number of nitrogens with zero attached hydrogens (tertiary/aromatic N) is 1. The zero-order valence-electron chi connectivity index (χ0n) is 12.6.